The summed E-state index contributed by atoms with van der Waals surface area (Å²) in [7, 11) is 0. The highest BCUT2D eigenvalue weighted by Gasteiger charge is 2.33. The lowest BCUT2D eigenvalue weighted by Crippen LogP contribution is -2.42. The summed E-state index contributed by atoms with van der Waals surface area (Å²) in [5.74, 6) is -0.653. The van der Waals surface area contributed by atoms with E-state index in [2.05, 4.69) is 0 Å². The van der Waals surface area contributed by atoms with Crippen molar-refractivity contribution in [1.29, 1.82) is 0 Å². The van der Waals surface area contributed by atoms with Crippen LogP contribution < -0.4 is 5.73 Å². The summed E-state index contributed by atoms with van der Waals surface area (Å²) in [5.41, 5.74) is 3.82. The van der Waals surface area contributed by atoms with Crippen molar-refractivity contribution in [3.8, 4) is 0 Å². The molecule has 0 fully saturated rings. The molecule has 0 aromatic rings. The van der Waals surface area contributed by atoms with E-state index in [0.717, 1.165) is 0 Å². The highest BCUT2D eigenvalue weighted by Crippen LogP contribution is 2.18. The Hall–Kier alpha value is -0.610. The Morgan fingerprint density at radius 1 is 1.50 bits per heavy atom. The lowest BCUT2D eigenvalue weighted by Gasteiger charge is -2.23. The summed E-state index contributed by atoms with van der Waals surface area (Å²) in [6.07, 6.45) is 0.356. The molecule has 0 radical (unpaired) electrons. The van der Waals surface area contributed by atoms with E-state index < -0.39 is 24.5 Å². The molecule has 0 saturated carbocycles. The first kappa shape index (κ1) is 9.39. The molecule has 0 aromatic carbocycles. The first-order valence-electron chi connectivity index (χ1n) is 3.14. The van der Waals surface area contributed by atoms with Gasteiger partial charge in [0.1, 0.15) is 0 Å². The van der Waals surface area contributed by atoms with Crippen LogP contribution in [0.1, 0.15) is 13.3 Å². The van der Waals surface area contributed by atoms with Gasteiger partial charge in [0.25, 0.3) is 0 Å². The summed E-state index contributed by atoms with van der Waals surface area (Å²) < 4.78 is 0. The van der Waals surface area contributed by atoms with Crippen molar-refractivity contribution < 1.29 is 15.0 Å². The zero-order valence-electron chi connectivity index (χ0n) is 6.00. The van der Waals surface area contributed by atoms with Crippen LogP contribution in [0.25, 0.3) is 0 Å². The fourth-order valence-corrected chi connectivity index (χ4v) is 0.604. The minimum absolute atomic E-state index is 0.356. The van der Waals surface area contributed by atoms with Crippen LogP contribution in [-0.2, 0) is 4.79 Å². The Morgan fingerprint density at radius 3 is 1.90 bits per heavy atom. The molecule has 4 nitrogen and oxygen atoms in total. The molecule has 0 aromatic heterocycles. The second-order valence-electron chi connectivity index (χ2n) is 2.31. The summed E-state index contributed by atoms with van der Waals surface area (Å²) in [5, 5.41) is 17.4. The van der Waals surface area contributed by atoms with Crippen molar-refractivity contribution in [1.82, 2.24) is 0 Å². The number of nitrogens with two attached hydrogens (primary N) is 1. The minimum atomic E-state index is -1.12. The smallest absolute Gasteiger partial charge is 0.228 e. The number of hydrogen-bond donors (Lipinski definition) is 3. The van der Waals surface area contributed by atoms with Gasteiger partial charge in [-0.2, -0.15) is 0 Å². The fourth-order valence-electron chi connectivity index (χ4n) is 0.604. The van der Waals surface area contributed by atoms with E-state index in [1.165, 1.54) is 0 Å². The van der Waals surface area contributed by atoms with Gasteiger partial charge >= 0.3 is 0 Å². The quantitative estimate of drug-likeness (QED) is 0.469. The number of primary amides is 1. The Morgan fingerprint density at radius 2 is 1.90 bits per heavy atom. The molecule has 4 N–H and O–H groups in total. The molecule has 0 bridgehead atoms. The molecule has 0 atom stereocenters. The van der Waals surface area contributed by atoms with E-state index in [9.17, 15) is 4.79 Å². The molecule has 0 saturated heterocycles. The summed E-state index contributed by atoms with van der Waals surface area (Å²) in [4.78, 5) is 10.6. The largest absolute Gasteiger partial charge is 0.395 e. The number of carbonyl (C=O) groups is 1. The Labute approximate surface area is 59.7 Å². The van der Waals surface area contributed by atoms with Crippen LogP contribution in [-0.4, -0.2) is 29.3 Å². The van der Waals surface area contributed by atoms with Gasteiger partial charge in [0.15, 0.2) is 0 Å². The van der Waals surface area contributed by atoms with Gasteiger partial charge in [0.2, 0.25) is 5.91 Å². The SMILES string of the molecule is CCC(CO)(CO)C(N)=O. The average molecular weight is 147 g/mol. The lowest BCUT2D eigenvalue weighted by molar-refractivity contribution is -0.133. The Bertz CT molecular complexity index is 112. The molecule has 0 rings (SSSR count). The maximum Gasteiger partial charge on any atom is 0.228 e. The zero-order chi connectivity index (χ0) is 8.20. The molecule has 0 unspecified atom stereocenters. The summed E-state index contributed by atoms with van der Waals surface area (Å²) in [6.45, 7) is 0.905. The van der Waals surface area contributed by atoms with Crippen molar-refractivity contribution in [3.05, 3.63) is 0 Å². The summed E-state index contributed by atoms with van der Waals surface area (Å²) >= 11 is 0. The zero-order valence-corrected chi connectivity index (χ0v) is 6.00. The van der Waals surface area contributed by atoms with E-state index in [1.807, 2.05) is 0 Å². The monoisotopic (exact) mass is 147 g/mol. The highest BCUT2D eigenvalue weighted by molar-refractivity contribution is 5.81. The second-order valence-corrected chi connectivity index (χ2v) is 2.31. The normalized spacial score (nSPS) is 11.5. The standard InChI is InChI=1S/C6H13NO3/c1-2-6(3-8,4-9)5(7)10/h8-9H,2-4H2,1H3,(H2,7,10). The van der Waals surface area contributed by atoms with Gasteiger partial charge in [0.05, 0.1) is 18.6 Å². The molecule has 0 aliphatic heterocycles. The molecule has 0 aliphatic carbocycles. The molecule has 0 spiro atoms. The molecule has 10 heavy (non-hydrogen) atoms. The predicted octanol–water partition coefficient (Wildman–Crippen LogP) is -1.15. The van der Waals surface area contributed by atoms with Crippen molar-refractivity contribution in [2.24, 2.45) is 11.1 Å². The van der Waals surface area contributed by atoms with Crippen LogP contribution >= 0.6 is 0 Å². The maximum absolute atomic E-state index is 10.6. The molecule has 0 heterocycles. The number of aliphatic hydroxyl groups excluding tert-OH is 2. The fraction of sp³-hybridized carbons (Fsp3) is 0.833. The Kier molecular flexibility index (Phi) is 3.32. The van der Waals surface area contributed by atoms with Gasteiger partial charge < -0.3 is 15.9 Å². The van der Waals surface area contributed by atoms with Crippen molar-refractivity contribution in [3.63, 3.8) is 0 Å². The molecular weight excluding hydrogens is 134 g/mol. The maximum atomic E-state index is 10.6. The second kappa shape index (κ2) is 3.53. The summed E-state index contributed by atoms with van der Waals surface area (Å²) in [6, 6.07) is 0. The van der Waals surface area contributed by atoms with E-state index in [-0.39, 0.29) is 0 Å². The molecule has 1 amide bonds. The van der Waals surface area contributed by atoms with Gasteiger partial charge in [-0.05, 0) is 6.42 Å². The molecular formula is C6H13NO3. The predicted molar refractivity (Wildman–Crippen MR) is 36.1 cm³/mol. The third-order valence-electron chi connectivity index (χ3n) is 1.80. The third-order valence-corrected chi connectivity index (χ3v) is 1.80. The minimum Gasteiger partial charge on any atom is -0.395 e. The molecule has 60 valence electrons. The van der Waals surface area contributed by atoms with Gasteiger partial charge in [-0.15, -0.1) is 0 Å². The van der Waals surface area contributed by atoms with Crippen LogP contribution in [0.2, 0.25) is 0 Å². The molecule has 0 aliphatic rings. The van der Waals surface area contributed by atoms with E-state index >= 15 is 0 Å². The van der Waals surface area contributed by atoms with E-state index in [4.69, 9.17) is 15.9 Å². The van der Waals surface area contributed by atoms with Crippen LogP contribution in [0.4, 0.5) is 0 Å². The van der Waals surface area contributed by atoms with Crippen LogP contribution in [0.3, 0.4) is 0 Å². The number of rotatable bonds is 4. The van der Waals surface area contributed by atoms with Gasteiger partial charge in [-0.25, -0.2) is 0 Å². The third kappa shape index (κ3) is 1.46. The molecule has 4 heteroatoms. The highest BCUT2D eigenvalue weighted by atomic mass is 16.3. The van der Waals surface area contributed by atoms with E-state index in [0.29, 0.717) is 6.42 Å². The lowest BCUT2D eigenvalue weighted by atomic mass is 9.86. The first-order chi connectivity index (χ1) is 4.63. The average Bonchev–Trinajstić information content (AvgIpc) is 1.92. The van der Waals surface area contributed by atoms with E-state index in [1.54, 1.807) is 6.92 Å². The number of amides is 1. The van der Waals surface area contributed by atoms with Crippen LogP contribution in [0, 0.1) is 5.41 Å². The van der Waals surface area contributed by atoms with Gasteiger partial charge in [-0.3, -0.25) is 4.79 Å². The van der Waals surface area contributed by atoms with Crippen molar-refractivity contribution >= 4 is 5.91 Å². The number of hydrogen-bond acceptors (Lipinski definition) is 3. The number of aliphatic hydroxyl groups is 2. The van der Waals surface area contributed by atoms with Gasteiger partial charge in [-0.1, -0.05) is 6.92 Å². The topological polar surface area (TPSA) is 83.6 Å². The van der Waals surface area contributed by atoms with Gasteiger partial charge in [0, 0.05) is 0 Å². The van der Waals surface area contributed by atoms with Crippen LogP contribution in [0.15, 0.2) is 0 Å². The number of carbonyl (C=O) groups excluding carboxylic acids is 1. The van der Waals surface area contributed by atoms with Crippen molar-refractivity contribution in [2.75, 3.05) is 13.2 Å². The Balaban J connectivity index is 4.31. The first-order valence-corrected chi connectivity index (χ1v) is 3.14. The van der Waals surface area contributed by atoms with Crippen molar-refractivity contribution in [2.45, 2.75) is 13.3 Å². The van der Waals surface area contributed by atoms with Crippen LogP contribution in [0.5, 0.6) is 0 Å².